The second-order valence-electron chi connectivity index (χ2n) is 6.17. The van der Waals surface area contributed by atoms with Crippen LogP contribution in [0.4, 0.5) is 5.69 Å². The van der Waals surface area contributed by atoms with Crippen LogP contribution in [0.1, 0.15) is 32.6 Å². The van der Waals surface area contributed by atoms with Gasteiger partial charge < -0.3 is 5.32 Å². The molecule has 3 rings (SSSR count). The van der Waals surface area contributed by atoms with Crippen molar-refractivity contribution in [3.8, 4) is 0 Å². The zero-order chi connectivity index (χ0) is 17.1. The van der Waals surface area contributed by atoms with Gasteiger partial charge in [-0.2, -0.15) is 5.10 Å². The Morgan fingerprint density at radius 1 is 1.04 bits per heavy atom. The number of aromatic nitrogens is 2. The quantitative estimate of drug-likeness (QED) is 0.786. The number of nitrogens with one attached hydrogen (secondary N) is 1. The first-order valence-corrected chi connectivity index (χ1v) is 7.98. The summed E-state index contributed by atoms with van der Waals surface area (Å²) in [5, 5.41) is 7.21. The molecule has 0 aliphatic carbocycles. The first-order valence-electron chi connectivity index (χ1n) is 7.98. The molecule has 1 aromatic heterocycles. The molecule has 1 N–H and O–H groups in total. The molecule has 4 heteroatoms. The van der Waals surface area contributed by atoms with Crippen LogP contribution in [-0.4, -0.2) is 15.7 Å². The predicted molar refractivity (Wildman–Crippen MR) is 96.4 cm³/mol. The number of amides is 1. The second-order valence-corrected chi connectivity index (χ2v) is 6.17. The first-order chi connectivity index (χ1) is 11.5. The molecule has 3 aromatic rings. The van der Waals surface area contributed by atoms with E-state index in [2.05, 4.69) is 41.6 Å². The maximum Gasteiger partial charge on any atom is 0.255 e. The molecule has 4 nitrogen and oxygen atoms in total. The monoisotopic (exact) mass is 319 g/mol. The van der Waals surface area contributed by atoms with E-state index in [9.17, 15) is 4.79 Å². The molecule has 24 heavy (non-hydrogen) atoms. The molecule has 0 aliphatic rings. The minimum absolute atomic E-state index is 0.118. The first kappa shape index (κ1) is 16.0. The fourth-order valence-corrected chi connectivity index (χ4v) is 2.48. The number of benzene rings is 2. The number of carbonyl (C=O) groups excluding carboxylic acids is 1. The van der Waals surface area contributed by atoms with Crippen LogP contribution >= 0.6 is 0 Å². The van der Waals surface area contributed by atoms with Gasteiger partial charge in [-0.3, -0.25) is 9.48 Å². The molecule has 1 heterocycles. The number of hydrogen-bond acceptors (Lipinski definition) is 2. The lowest BCUT2D eigenvalue weighted by Gasteiger charge is -2.05. The highest BCUT2D eigenvalue weighted by Crippen LogP contribution is 2.13. The van der Waals surface area contributed by atoms with Gasteiger partial charge in [0.25, 0.3) is 5.91 Å². The average molecular weight is 319 g/mol. The fraction of sp³-hybridized carbons (Fsp3) is 0.200. The highest BCUT2D eigenvalue weighted by molar-refractivity contribution is 6.04. The van der Waals surface area contributed by atoms with E-state index in [0.717, 1.165) is 5.56 Å². The molecule has 0 saturated carbocycles. The van der Waals surface area contributed by atoms with Crippen LogP contribution in [0.15, 0.2) is 54.9 Å². The smallest absolute Gasteiger partial charge is 0.255 e. The Morgan fingerprint density at radius 2 is 1.79 bits per heavy atom. The van der Waals surface area contributed by atoms with Crippen molar-refractivity contribution < 1.29 is 4.79 Å². The summed E-state index contributed by atoms with van der Waals surface area (Å²) in [6.45, 7) is 6.79. The van der Waals surface area contributed by atoms with Gasteiger partial charge in [-0.15, -0.1) is 0 Å². The summed E-state index contributed by atoms with van der Waals surface area (Å²) < 4.78 is 1.82. The molecule has 0 bridgehead atoms. The SMILES string of the molecule is Cc1ccc(Cn2cc(NC(=O)c3ccc(C)c(C)c3)cn2)cc1. The molecule has 0 radical (unpaired) electrons. The standard InChI is InChI=1S/C20H21N3O/c1-14-4-7-17(8-5-14)12-23-13-19(11-21-23)22-20(24)18-9-6-15(2)16(3)10-18/h4-11,13H,12H2,1-3H3,(H,22,24). The van der Waals surface area contributed by atoms with Crippen LogP contribution in [0.25, 0.3) is 0 Å². The van der Waals surface area contributed by atoms with Gasteiger partial charge in [0.15, 0.2) is 0 Å². The van der Waals surface area contributed by atoms with E-state index >= 15 is 0 Å². The van der Waals surface area contributed by atoms with Gasteiger partial charge in [0.2, 0.25) is 0 Å². The number of aryl methyl sites for hydroxylation is 3. The third-order valence-electron chi connectivity index (χ3n) is 4.13. The Bertz CT molecular complexity index is 863. The summed E-state index contributed by atoms with van der Waals surface area (Å²) in [6.07, 6.45) is 3.52. The van der Waals surface area contributed by atoms with E-state index in [1.54, 1.807) is 6.20 Å². The average Bonchev–Trinajstić information content (AvgIpc) is 2.99. The molecule has 0 spiro atoms. The number of carbonyl (C=O) groups is 1. The lowest BCUT2D eigenvalue weighted by molar-refractivity contribution is 0.102. The Balaban J connectivity index is 1.68. The maximum absolute atomic E-state index is 12.3. The van der Waals surface area contributed by atoms with Crippen molar-refractivity contribution in [1.29, 1.82) is 0 Å². The topological polar surface area (TPSA) is 46.9 Å². The Kier molecular flexibility index (Phi) is 4.47. The largest absolute Gasteiger partial charge is 0.319 e. The van der Waals surface area contributed by atoms with Crippen LogP contribution < -0.4 is 5.32 Å². The fourth-order valence-electron chi connectivity index (χ4n) is 2.48. The normalized spacial score (nSPS) is 10.6. The third-order valence-corrected chi connectivity index (χ3v) is 4.13. The minimum Gasteiger partial charge on any atom is -0.319 e. The van der Waals surface area contributed by atoms with Gasteiger partial charge in [-0.1, -0.05) is 35.9 Å². The van der Waals surface area contributed by atoms with Gasteiger partial charge >= 0.3 is 0 Å². The van der Waals surface area contributed by atoms with E-state index in [-0.39, 0.29) is 5.91 Å². The second kappa shape index (κ2) is 6.71. The molecular formula is C20H21N3O. The van der Waals surface area contributed by atoms with Gasteiger partial charge in [-0.05, 0) is 49.6 Å². The lowest BCUT2D eigenvalue weighted by atomic mass is 10.1. The van der Waals surface area contributed by atoms with E-state index in [0.29, 0.717) is 17.8 Å². The van der Waals surface area contributed by atoms with E-state index in [1.165, 1.54) is 16.7 Å². The van der Waals surface area contributed by atoms with E-state index < -0.39 is 0 Å². The number of hydrogen-bond donors (Lipinski definition) is 1. The van der Waals surface area contributed by atoms with Crippen molar-refractivity contribution in [2.75, 3.05) is 5.32 Å². The summed E-state index contributed by atoms with van der Waals surface area (Å²) in [7, 11) is 0. The highest BCUT2D eigenvalue weighted by Gasteiger charge is 2.08. The predicted octanol–water partition coefficient (Wildman–Crippen LogP) is 4.11. The number of anilines is 1. The maximum atomic E-state index is 12.3. The zero-order valence-corrected chi connectivity index (χ0v) is 14.2. The van der Waals surface area contributed by atoms with Gasteiger partial charge in [0.1, 0.15) is 0 Å². The van der Waals surface area contributed by atoms with Gasteiger partial charge in [-0.25, -0.2) is 0 Å². The highest BCUT2D eigenvalue weighted by atomic mass is 16.1. The Morgan fingerprint density at radius 3 is 2.50 bits per heavy atom. The van der Waals surface area contributed by atoms with Gasteiger partial charge in [0, 0.05) is 11.8 Å². The third kappa shape index (κ3) is 3.71. The number of rotatable bonds is 4. The summed E-state index contributed by atoms with van der Waals surface area (Å²) in [4.78, 5) is 12.3. The van der Waals surface area contributed by atoms with Crippen molar-refractivity contribution in [2.24, 2.45) is 0 Å². The summed E-state index contributed by atoms with van der Waals surface area (Å²) in [5.74, 6) is -0.118. The van der Waals surface area contributed by atoms with Crippen LogP contribution in [0, 0.1) is 20.8 Å². The molecule has 0 aliphatic heterocycles. The van der Waals surface area contributed by atoms with Crippen LogP contribution in [0.3, 0.4) is 0 Å². The zero-order valence-electron chi connectivity index (χ0n) is 14.2. The molecule has 1 amide bonds. The van der Waals surface area contributed by atoms with Crippen molar-refractivity contribution in [2.45, 2.75) is 27.3 Å². The molecule has 122 valence electrons. The van der Waals surface area contributed by atoms with E-state index in [1.807, 2.05) is 42.9 Å². The summed E-state index contributed by atoms with van der Waals surface area (Å²) >= 11 is 0. The van der Waals surface area contributed by atoms with Crippen LogP contribution in [0.5, 0.6) is 0 Å². The van der Waals surface area contributed by atoms with Gasteiger partial charge in [0.05, 0.1) is 18.4 Å². The van der Waals surface area contributed by atoms with Crippen LogP contribution in [0.2, 0.25) is 0 Å². The van der Waals surface area contributed by atoms with E-state index in [4.69, 9.17) is 0 Å². The summed E-state index contributed by atoms with van der Waals surface area (Å²) in [6, 6.07) is 14.1. The van der Waals surface area contributed by atoms with Crippen molar-refractivity contribution in [3.63, 3.8) is 0 Å². The van der Waals surface area contributed by atoms with Crippen molar-refractivity contribution in [1.82, 2.24) is 9.78 Å². The molecule has 2 aromatic carbocycles. The van der Waals surface area contributed by atoms with Crippen LogP contribution in [-0.2, 0) is 6.54 Å². The Hall–Kier alpha value is -2.88. The minimum atomic E-state index is -0.118. The molecule has 0 saturated heterocycles. The molecule has 0 fully saturated rings. The summed E-state index contributed by atoms with van der Waals surface area (Å²) in [5.41, 5.74) is 6.06. The lowest BCUT2D eigenvalue weighted by Crippen LogP contribution is -2.11. The molecule has 0 atom stereocenters. The number of nitrogens with zero attached hydrogens (tertiary/aromatic N) is 2. The molecular weight excluding hydrogens is 298 g/mol. The molecule has 0 unspecified atom stereocenters. The van der Waals surface area contributed by atoms with Crippen molar-refractivity contribution >= 4 is 11.6 Å². The Labute approximate surface area is 142 Å². The van der Waals surface area contributed by atoms with Crippen molar-refractivity contribution in [3.05, 3.63) is 82.7 Å².